The number of nitrogens with one attached hydrogen (secondary N) is 2. The number of hydrogen-bond acceptors (Lipinski definition) is 2. The molecule has 104 valence electrons. The number of urea groups is 1. The van der Waals surface area contributed by atoms with E-state index < -0.39 is 0 Å². The van der Waals surface area contributed by atoms with Gasteiger partial charge in [0.2, 0.25) is 0 Å². The molecule has 2 atom stereocenters. The Hall–Kier alpha value is -1.07. The van der Waals surface area contributed by atoms with Crippen LogP contribution in [0, 0.1) is 12.8 Å². The highest BCUT2D eigenvalue weighted by Gasteiger charge is 2.27. The fourth-order valence-electron chi connectivity index (χ4n) is 2.52. The van der Waals surface area contributed by atoms with Gasteiger partial charge in [-0.2, -0.15) is 0 Å². The van der Waals surface area contributed by atoms with E-state index in [1.807, 2.05) is 25.1 Å². The average Bonchev–Trinajstić information content (AvgIpc) is 2.82. The predicted octanol–water partition coefficient (Wildman–Crippen LogP) is 3.04. The highest BCUT2D eigenvalue weighted by atomic mass is 79.9. The first-order chi connectivity index (χ1) is 9.11. The van der Waals surface area contributed by atoms with Crippen molar-refractivity contribution < 1.29 is 9.90 Å². The van der Waals surface area contributed by atoms with Crippen molar-refractivity contribution in [1.82, 2.24) is 5.32 Å². The molecule has 1 aromatic carbocycles. The molecular weight excluding hydrogens is 308 g/mol. The van der Waals surface area contributed by atoms with Crippen molar-refractivity contribution in [3.63, 3.8) is 0 Å². The number of anilines is 1. The van der Waals surface area contributed by atoms with Crippen LogP contribution < -0.4 is 10.6 Å². The lowest BCUT2D eigenvalue weighted by Gasteiger charge is -2.19. The van der Waals surface area contributed by atoms with E-state index in [4.69, 9.17) is 0 Å². The summed E-state index contributed by atoms with van der Waals surface area (Å²) in [5.41, 5.74) is 1.80. The van der Waals surface area contributed by atoms with Gasteiger partial charge in [0.1, 0.15) is 0 Å². The van der Waals surface area contributed by atoms with E-state index in [0.29, 0.717) is 0 Å². The van der Waals surface area contributed by atoms with E-state index in [9.17, 15) is 9.90 Å². The summed E-state index contributed by atoms with van der Waals surface area (Å²) >= 11 is 3.44. The molecule has 1 saturated carbocycles. The number of aliphatic hydroxyl groups excluding tert-OH is 1. The van der Waals surface area contributed by atoms with Gasteiger partial charge >= 0.3 is 6.03 Å². The molecule has 1 fully saturated rings. The van der Waals surface area contributed by atoms with Crippen LogP contribution >= 0.6 is 15.9 Å². The summed E-state index contributed by atoms with van der Waals surface area (Å²) in [4.78, 5) is 12.0. The molecule has 1 aliphatic carbocycles. The van der Waals surface area contributed by atoms with Gasteiger partial charge in [-0.25, -0.2) is 4.79 Å². The SMILES string of the molecule is Cc1c(Br)cccc1NC(=O)N[C@H]1CCC[C@H]1CO. The van der Waals surface area contributed by atoms with Crippen LogP contribution in [0.1, 0.15) is 24.8 Å². The Morgan fingerprint density at radius 1 is 1.47 bits per heavy atom. The van der Waals surface area contributed by atoms with Gasteiger partial charge in [0.25, 0.3) is 0 Å². The molecule has 0 radical (unpaired) electrons. The molecule has 1 aliphatic rings. The summed E-state index contributed by atoms with van der Waals surface area (Å²) in [5.74, 6) is 0.189. The molecule has 1 aromatic rings. The van der Waals surface area contributed by atoms with E-state index in [2.05, 4.69) is 26.6 Å². The van der Waals surface area contributed by atoms with E-state index in [1.54, 1.807) is 0 Å². The van der Waals surface area contributed by atoms with Crippen LogP contribution in [-0.4, -0.2) is 23.8 Å². The standard InChI is InChI=1S/C14H19BrN2O2/c1-9-11(15)5-3-6-12(9)16-14(19)17-13-7-2-4-10(13)8-18/h3,5-6,10,13,18H,2,4,7-8H2,1H3,(H2,16,17,19)/t10-,13-/m0/s1. The number of benzene rings is 1. The molecule has 0 heterocycles. The van der Waals surface area contributed by atoms with Gasteiger partial charge in [0, 0.05) is 28.7 Å². The number of aliphatic hydroxyl groups is 1. The van der Waals surface area contributed by atoms with Gasteiger partial charge in [0.15, 0.2) is 0 Å². The topological polar surface area (TPSA) is 61.4 Å². The molecule has 0 aromatic heterocycles. The highest BCUT2D eigenvalue weighted by molar-refractivity contribution is 9.10. The third-order valence-electron chi connectivity index (χ3n) is 3.73. The fourth-order valence-corrected chi connectivity index (χ4v) is 2.88. The normalized spacial score (nSPS) is 22.3. The summed E-state index contributed by atoms with van der Waals surface area (Å²) < 4.78 is 0.972. The highest BCUT2D eigenvalue weighted by Crippen LogP contribution is 2.26. The largest absolute Gasteiger partial charge is 0.396 e. The van der Waals surface area contributed by atoms with Crippen molar-refractivity contribution in [3.8, 4) is 0 Å². The van der Waals surface area contributed by atoms with Crippen LogP contribution in [0.2, 0.25) is 0 Å². The minimum Gasteiger partial charge on any atom is -0.396 e. The first-order valence-corrected chi connectivity index (χ1v) is 7.34. The molecule has 4 nitrogen and oxygen atoms in total. The van der Waals surface area contributed by atoms with Crippen molar-refractivity contribution >= 4 is 27.6 Å². The smallest absolute Gasteiger partial charge is 0.319 e. The lowest BCUT2D eigenvalue weighted by Crippen LogP contribution is -2.41. The molecule has 19 heavy (non-hydrogen) atoms. The maximum Gasteiger partial charge on any atom is 0.319 e. The maximum absolute atomic E-state index is 12.0. The molecule has 0 spiro atoms. The van der Waals surface area contributed by atoms with E-state index in [0.717, 1.165) is 35.0 Å². The second-order valence-corrected chi connectivity index (χ2v) is 5.85. The third-order valence-corrected chi connectivity index (χ3v) is 4.59. The van der Waals surface area contributed by atoms with Gasteiger partial charge in [-0.05, 0) is 37.5 Å². The zero-order valence-electron chi connectivity index (χ0n) is 10.9. The second kappa shape index (κ2) is 6.39. The van der Waals surface area contributed by atoms with Gasteiger partial charge in [-0.1, -0.05) is 28.4 Å². The fraction of sp³-hybridized carbons (Fsp3) is 0.500. The zero-order chi connectivity index (χ0) is 13.8. The molecular formula is C14H19BrN2O2. The Kier molecular flexibility index (Phi) is 4.82. The minimum absolute atomic E-state index is 0.0810. The first-order valence-electron chi connectivity index (χ1n) is 6.55. The van der Waals surface area contributed by atoms with Crippen LogP contribution in [0.5, 0.6) is 0 Å². The zero-order valence-corrected chi connectivity index (χ0v) is 12.5. The number of carbonyl (C=O) groups excluding carboxylic acids is 1. The molecule has 0 aliphatic heterocycles. The van der Waals surface area contributed by atoms with Crippen molar-refractivity contribution in [2.24, 2.45) is 5.92 Å². The molecule has 0 bridgehead atoms. The van der Waals surface area contributed by atoms with Crippen LogP contribution in [0.15, 0.2) is 22.7 Å². The monoisotopic (exact) mass is 326 g/mol. The summed E-state index contributed by atoms with van der Waals surface area (Å²) in [5, 5.41) is 15.1. The quantitative estimate of drug-likeness (QED) is 0.799. The van der Waals surface area contributed by atoms with E-state index in [-0.39, 0.29) is 24.6 Å². The summed E-state index contributed by atoms with van der Waals surface area (Å²) in [6, 6.07) is 5.58. The maximum atomic E-state index is 12.0. The first kappa shape index (κ1) is 14.3. The van der Waals surface area contributed by atoms with Crippen LogP contribution in [-0.2, 0) is 0 Å². The third kappa shape index (κ3) is 3.48. The number of hydrogen-bond donors (Lipinski definition) is 3. The number of amides is 2. The summed E-state index contributed by atoms with van der Waals surface area (Å²) in [7, 11) is 0. The van der Waals surface area contributed by atoms with Crippen LogP contribution in [0.4, 0.5) is 10.5 Å². The van der Waals surface area contributed by atoms with Crippen molar-refractivity contribution in [3.05, 3.63) is 28.2 Å². The minimum atomic E-state index is -0.202. The number of carbonyl (C=O) groups is 1. The second-order valence-electron chi connectivity index (χ2n) is 4.99. The van der Waals surface area contributed by atoms with E-state index in [1.165, 1.54) is 0 Å². The van der Waals surface area contributed by atoms with Gasteiger partial charge in [-0.15, -0.1) is 0 Å². The number of halogens is 1. The van der Waals surface area contributed by atoms with Crippen molar-refractivity contribution in [2.45, 2.75) is 32.2 Å². The van der Waals surface area contributed by atoms with Crippen molar-refractivity contribution in [2.75, 3.05) is 11.9 Å². The summed E-state index contributed by atoms with van der Waals surface area (Å²) in [6.45, 7) is 2.09. The predicted molar refractivity (Wildman–Crippen MR) is 79.2 cm³/mol. The Morgan fingerprint density at radius 3 is 3.00 bits per heavy atom. The Bertz CT molecular complexity index is 465. The molecule has 0 saturated heterocycles. The molecule has 2 amide bonds. The molecule has 0 unspecified atom stereocenters. The molecule has 2 rings (SSSR count). The van der Waals surface area contributed by atoms with E-state index >= 15 is 0 Å². The lowest BCUT2D eigenvalue weighted by molar-refractivity contribution is 0.203. The number of rotatable bonds is 3. The van der Waals surface area contributed by atoms with Gasteiger partial charge in [0.05, 0.1) is 0 Å². The molecule has 5 heteroatoms. The summed E-state index contributed by atoms with van der Waals surface area (Å²) in [6.07, 6.45) is 2.99. The van der Waals surface area contributed by atoms with Crippen LogP contribution in [0.3, 0.4) is 0 Å². The average molecular weight is 327 g/mol. The van der Waals surface area contributed by atoms with Gasteiger partial charge < -0.3 is 15.7 Å². The lowest BCUT2D eigenvalue weighted by atomic mass is 10.1. The Labute approximate surface area is 121 Å². The molecule has 3 N–H and O–H groups in total. The Balaban J connectivity index is 1.96. The Morgan fingerprint density at radius 2 is 2.26 bits per heavy atom. The van der Waals surface area contributed by atoms with Gasteiger partial charge in [-0.3, -0.25) is 0 Å². The van der Waals surface area contributed by atoms with Crippen molar-refractivity contribution in [1.29, 1.82) is 0 Å². The van der Waals surface area contributed by atoms with Crippen LogP contribution in [0.25, 0.3) is 0 Å².